The highest BCUT2D eigenvalue weighted by molar-refractivity contribution is 7.92. The molecule has 2 heterocycles. The summed E-state index contributed by atoms with van der Waals surface area (Å²) in [5.41, 5.74) is 1.02. The smallest absolute Gasteiger partial charge is 0.277 e. The van der Waals surface area contributed by atoms with Gasteiger partial charge in [-0.1, -0.05) is 24.3 Å². The Hall–Kier alpha value is -3.59. The minimum absolute atomic E-state index is 0.0283. The highest BCUT2D eigenvalue weighted by Crippen LogP contribution is 2.22. The molecule has 9 heteroatoms. The monoisotopic (exact) mass is 425 g/mol. The van der Waals surface area contributed by atoms with Crippen LogP contribution in [0.2, 0.25) is 0 Å². The number of benzene rings is 2. The van der Waals surface area contributed by atoms with Crippen LogP contribution < -0.4 is 4.72 Å². The zero-order chi connectivity index (χ0) is 21.3. The van der Waals surface area contributed by atoms with Gasteiger partial charge < -0.3 is 0 Å². The summed E-state index contributed by atoms with van der Waals surface area (Å²) in [7, 11) is -3.95. The fourth-order valence-corrected chi connectivity index (χ4v) is 4.21. The minimum atomic E-state index is -3.95. The lowest BCUT2D eigenvalue weighted by atomic mass is 10.1. The minimum Gasteiger partial charge on any atom is -0.277 e. The zero-order valence-corrected chi connectivity index (χ0v) is 16.4. The molecule has 1 aromatic heterocycles. The number of imide groups is 1. The third-order valence-electron chi connectivity index (χ3n) is 4.71. The molecule has 0 spiro atoms. The number of carbonyl (C=O) groups excluding carboxylic acids is 2. The van der Waals surface area contributed by atoms with Crippen molar-refractivity contribution in [3.05, 3.63) is 89.5 Å². The summed E-state index contributed by atoms with van der Waals surface area (Å²) in [5.74, 6) is -1.51. The number of hydrogen-bond donors (Lipinski definition) is 1. The standard InChI is InChI=1S/C21H16FN3O4S/c22-17-5-1-2-6-18(17)24-30(28,29)15-9-7-14(8-10-15)11-13-25-20(26)16-4-3-12-23-19(16)21(25)27/h1-10,12,24H,11,13H2. The largest absolute Gasteiger partial charge is 0.280 e. The number of fused-ring (bicyclic) bond motifs is 1. The van der Waals surface area contributed by atoms with Gasteiger partial charge in [0.05, 0.1) is 16.1 Å². The Balaban J connectivity index is 1.44. The zero-order valence-electron chi connectivity index (χ0n) is 15.6. The number of nitrogens with one attached hydrogen (secondary N) is 1. The lowest BCUT2D eigenvalue weighted by molar-refractivity contribution is 0.0654. The van der Waals surface area contributed by atoms with E-state index in [9.17, 15) is 22.4 Å². The average molecular weight is 425 g/mol. The summed E-state index contributed by atoms with van der Waals surface area (Å²) in [6.07, 6.45) is 1.81. The summed E-state index contributed by atoms with van der Waals surface area (Å²) >= 11 is 0. The van der Waals surface area contributed by atoms with Gasteiger partial charge in [-0.15, -0.1) is 0 Å². The molecule has 2 aromatic carbocycles. The number of anilines is 1. The quantitative estimate of drug-likeness (QED) is 0.613. The van der Waals surface area contributed by atoms with Gasteiger partial charge in [0.2, 0.25) is 0 Å². The van der Waals surface area contributed by atoms with Crippen LogP contribution in [0.25, 0.3) is 0 Å². The van der Waals surface area contributed by atoms with E-state index in [1.54, 1.807) is 24.3 Å². The van der Waals surface area contributed by atoms with Gasteiger partial charge in [-0.3, -0.25) is 24.2 Å². The Morgan fingerprint density at radius 1 is 0.933 bits per heavy atom. The lowest BCUT2D eigenvalue weighted by Crippen LogP contribution is -2.31. The van der Waals surface area contributed by atoms with Gasteiger partial charge in [0, 0.05) is 12.7 Å². The van der Waals surface area contributed by atoms with Crippen molar-refractivity contribution < 1.29 is 22.4 Å². The Bertz CT molecular complexity index is 1210. The molecular weight excluding hydrogens is 409 g/mol. The van der Waals surface area contributed by atoms with Gasteiger partial charge in [0.1, 0.15) is 11.5 Å². The number of para-hydroxylation sites is 1. The first kappa shape index (κ1) is 19.7. The first-order chi connectivity index (χ1) is 14.4. The molecular formula is C21H16FN3O4S. The molecule has 0 aliphatic carbocycles. The molecule has 0 saturated heterocycles. The predicted molar refractivity (Wildman–Crippen MR) is 107 cm³/mol. The summed E-state index contributed by atoms with van der Waals surface area (Å²) in [5, 5.41) is 0. The molecule has 4 rings (SSSR count). The van der Waals surface area contributed by atoms with Gasteiger partial charge in [-0.2, -0.15) is 0 Å². The normalized spacial score (nSPS) is 13.4. The molecule has 2 amide bonds. The maximum absolute atomic E-state index is 13.7. The molecule has 3 aromatic rings. The van der Waals surface area contributed by atoms with Crippen LogP contribution in [0.3, 0.4) is 0 Å². The van der Waals surface area contributed by atoms with Crippen molar-refractivity contribution in [3.8, 4) is 0 Å². The lowest BCUT2D eigenvalue weighted by Gasteiger charge is -2.14. The number of halogens is 1. The number of sulfonamides is 1. The molecule has 7 nitrogen and oxygen atoms in total. The second-order valence-electron chi connectivity index (χ2n) is 6.64. The van der Waals surface area contributed by atoms with Crippen LogP contribution in [-0.2, 0) is 16.4 Å². The maximum atomic E-state index is 13.7. The third kappa shape index (κ3) is 3.67. The van der Waals surface area contributed by atoms with Crippen LogP contribution in [0.4, 0.5) is 10.1 Å². The molecule has 0 saturated carbocycles. The second-order valence-corrected chi connectivity index (χ2v) is 8.32. The topological polar surface area (TPSA) is 96.4 Å². The van der Waals surface area contributed by atoms with E-state index < -0.39 is 27.7 Å². The fraction of sp³-hybridized carbons (Fsp3) is 0.0952. The third-order valence-corrected chi connectivity index (χ3v) is 6.09. The maximum Gasteiger partial charge on any atom is 0.280 e. The number of carbonyl (C=O) groups is 2. The molecule has 30 heavy (non-hydrogen) atoms. The van der Waals surface area contributed by atoms with Gasteiger partial charge >= 0.3 is 0 Å². The number of rotatable bonds is 6. The fourth-order valence-electron chi connectivity index (χ4n) is 3.14. The molecule has 0 unspecified atom stereocenters. The van der Waals surface area contributed by atoms with Gasteiger partial charge in [0.15, 0.2) is 0 Å². The number of amides is 2. The molecule has 152 valence electrons. The van der Waals surface area contributed by atoms with Crippen LogP contribution in [0, 0.1) is 5.82 Å². The van der Waals surface area contributed by atoms with E-state index >= 15 is 0 Å². The van der Waals surface area contributed by atoms with Crippen LogP contribution in [0.15, 0.2) is 71.8 Å². The van der Waals surface area contributed by atoms with Gasteiger partial charge in [-0.25, -0.2) is 12.8 Å². The van der Waals surface area contributed by atoms with Gasteiger partial charge in [-0.05, 0) is 48.4 Å². The number of aromatic nitrogens is 1. The molecule has 0 fully saturated rings. The SMILES string of the molecule is O=C1c2cccnc2C(=O)N1CCc1ccc(S(=O)(=O)Nc2ccccc2F)cc1. The van der Waals surface area contributed by atoms with E-state index in [1.165, 1.54) is 36.5 Å². The van der Waals surface area contributed by atoms with E-state index in [1.807, 2.05) is 0 Å². The average Bonchev–Trinajstić information content (AvgIpc) is 2.99. The summed E-state index contributed by atoms with van der Waals surface area (Å²) in [6, 6.07) is 14.6. The highest BCUT2D eigenvalue weighted by Gasteiger charge is 2.36. The van der Waals surface area contributed by atoms with Crippen LogP contribution in [0.5, 0.6) is 0 Å². The van der Waals surface area contributed by atoms with E-state index in [2.05, 4.69) is 9.71 Å². The number of nitrogens with zero attached hydrogens (tertiary/aromatic N) is 2. The molecule has 1 aliphatic heterocycles. The van der Waals surface area contributed by atoms with E-state index in [0.717, 1.165) is 16.5 Å². The van der Waals surface area contributed by atoms with Crippen molar-refractivity contribution in [3.63, 3.8) is 0 Å². The Labute approximate surface area is 172 Å². The van der Waals surface area contributed by atoms with E-state index in [-0.39, 0.29) is 28.4 Å². The van der Waals surface area contributed by atoms with Gasteiger partial charge in [0.25, 0.3) is 21.8 Å². The molecule has 0 atom stereocenters. The van der Waals surface area contributed by atoms with Crippen molar-refractivity contribution in [2.45, 2.75) is 11.3 Å². The number of pyridine rings is 1. The Morgan fingerprint density at radius 3 is 2.37 bits per heavy atom. The summed E-state index contributed by atoms with van der Waals surface area (Å²) < 4.78 is 40.9. The van der Waals surface area contributed by atoms with Crippen LogP contribution >= 0.6 is 0 Å². The molecule has 1 aliphatic rings. The number of hydrogen-bond acceptors (Lipinski definition) is 5. The van der Waals surface area contributed by atoms with Crippen molar-refractivity contribution in [2.75, 3.05) is 11.3 Å². The second kappa shape index (κ2) is 7.68. The van der Waals surface area contributed by atoms with Crippen molar-refractivity contribution in [2.24, 2.45) is 0 Å². The highest BCUT2D eigenvalue weighted by atomic mass is 32.2. The molecule has 1 N–H and O–H groups in total. The summed E-state index contributed by atoms with van der Waals surface area (Å²) in [6.45, 7) is 0.146. The Kier molecular flexibility index (Phi) is 5.04. The van der Waals surface area contributed by atoms with E-state index in [4.69, 9.17) is 0 Å². The summed E-state index contributed by atoms with van der Waals surface area (Å²) in [4.78, 5) is 29.8. The predicted octanol–water partition coefficient (Wildman–Crippen LogP) is 2.86. The Morgan fingerprint density at radius 2 is 1.67 bits per heavy atom. The van der Waals surface area contributed by atoms with Crippen LogP contribution in [0.1, 0.15) is 26.4 Å². The first-order valence-corrected chi connectivity index (χ1v) is 10.5. The van der Waals surface area contributed by atoms with Crippen molar-refractivity contribution >= 4 is 27.5 Å². The van der Waals surface area contributed by atoms with Crippen LogP contribution in [-0.4, -0.2) is 36.7 Å². The first-order valence-electron chi connectivity index (χ1n) is 9.04. The van der Waals surface area contributed by atoms with Crippen molar-refractivity contribution in [1.29, 1.82) is 0 Å². The molecule has 0 radical (unpaired) electrons. The van der Waals surface area contributed by atoms with Crippen molar-refractivity contribution in [1.82, 2.24) is 9.88 Å². The van der Waals surface area contributed by atoms with E-state index in [0.29, 0.717) is 6.42 Å². The molecule has 0 bridgehead atoms.